The molecule has 2 aromatic rings. The van der Waals surface area contributed by atoms with E-state index < -0.39 is 11.9 Å². The zero-order valence-electron chi connectivity index (χ0n) is 14.7. The Hall–Kier alpha value is -2.57. The van der Waals surface area contributed by atoms with E-state index in [2.05, 4.69) is 5.32 Å². The number of hydrogen-bond donors (Lipinski definition) is 1. The number of carbonyl (C=O) groups is 3. The second-order valence-corrected chi connectivity index (χ2v) is 6.17. The molecule has 0 saturated heterocycles. The van der Waals surface area contributed by atoms with Crippen molar-refractivity contribution in [2.24, 2.45) is 0 Å². The zero-order chi connectivity index (χ0) is 20.0. The molecule has 0 aromatic heterocycles. The summed E-state index contributed by atoms with van der Waals surface area (Å²) in [5.74, 6) is -1.16. The number of anilines is 1. The molecule has 1 amide bonds. The maximum Gasteiger partial charge on any atom is 0.344 e. The molecule has 0 radical (unpaired) electrons. The normalized spacial score (nSPS) is 10.2. The van der Waals surface area contributed by atoms with Crippen LogP contribution in [0.1, 0.15) is 34.6 Å². The smallest absolute Gasteiger partial charge is 0.344 e. The Morgan fingerprint density at radius 3 is 2.44 bits per heavy atom. The number of benzene rings is 2. The fraction of sp³-hybridized carbons (Fsp3) is 0.211. The first-order valence-corrected chi connectivity index (χ1v) is 8.78. The van der Waals surface area contributed by atoms with Gasteiger partial charge in [0.1, 0.15) is 5.75 Å². The van der Waals surface area contributed by atoms with Crippen molar-refractivity contribution < 1.29 is 23.9 Å². The highest BCUT2D eigenvalue weighted by Gasteiger charge is 2.21. The van der Waals surface area contributed by atoms with Crippen LogP contribution in [0.4, 0.5) is 5.69 Å². The highest BCUT2D eigenvalue weighted by Crippen LogP contribution is 2.31. The minimum Gasteiger partial charge on any atom is -0.480 e. The van der Waals surface area contributed by atoms with Gasteiger partial charge in [0.25, 0.3) is 5.91 Å². The van der Waals surface area contributed by atoms with Crippen LogP contribution < -0.4 is 10.1 Å². The number of halogens is 2. The molecule has 0 bridgehead atoms. The third kappa shape index (κ3) is 5.21. The number of Topliss-reactive ketones (excluding diaryl/α,β-unsaturated/α-hetero) is 1. The fourth-order valence-electron chi connectivity index (χ4n) is 2.25. The van der Waals surface area contributed by atoms with Gasteiger partial charge in [0.15, 0.2) is 12.4 Å². The molecule has 27 heavy (non-hydrogen) atoms. The third-order valence-electron chi connectivity index (χ3n) is 3.48. The fourth-order valence-corrected chi connectivity index (χ4v) is 2.93. The first kappa shape index (κ1) is 20.7. The van der Waals surface area contributed by atoms with Crippen LogP contribution in [0.3, 0.4) is 0 Å². The van der Waals surface area contributed by atoms with E-state index >= 15 is 0 Å². The summed E-state index contributed by atoms with van der Waals surface area (Å²) in [5, 5.41) is 2.71. The Labute approximate surface area is 166 Å². The first-order valence-electron chi connectivity index (χ1n) is 8.02. The lowest BCUT2D eigenvalue weighted by Gasteiger charge is -2.14. The standard InChI is InChI=1S/C19H17Cl2NO5/c1-3-26-16(24)10-27-15-7-5-4-6-14(15)22-19(25)17-13(20)9-8-12(11(2)23)18(17)21/h4-9H,3,10H2,1-2H3,(H,22,25). The van der Waals surface area contributed by atoms with E-state index in [0.29, 0.717) is 5.69 Å². The Balaban J connectivity index is 2.26. The average molecular weight is 410 g/mol. The number of carbonyl (C=O) groups excluding carboxylic acids is 3. The van der Waals surface area contributed by atoms with Crippen LogP contribution in [0.25, 0.3) is 0 Å². The quantitative estimate of drug-likeness (QED) is 0.541. The van der Waals surface area contributed by atoms with Gasteiger partial charge < -0.3 is 14.8 Å². The first-order chi connectivity index (χ1) is 12.8. The van der Waals surface area contributed by atoms with Crippen molar-refractivity contribution in [1.82, 2.24) is 0 Å². The lowest BCUT2D eigenvalue weighted by Crippen LogP contribution is -2.17. The molecule has 6 nitrogen and oxygen atoms in total. The van der Waals surface area contributed by atoms with Gasteiger partial charge in [0.05, 0.1) is 27.9 Å². The van der Waals surface area contributed by atoms with Crippen molar-refractivity contribution in [3.8, 4) is 5.75 Å². The summed E-state index contributed by atoms with van der Waals surface area (Å²) in [4.78, 5) is 35.8. The Morgan fingerprint density at radius 2 is 1.78 bits per heavy atom. The summed E-state index contributed by atoms with van der Waals surface area (Å²) in [6.45, 7) is 2.97. The molecular formula is C19H17Cl2NO5. The minimum absolute atomic E-state index is 0.0220. The molecule has 1 N–H and O–H groups in total. The van der Waals surface area contributed by atoms with Gasteiger partial charge in [-0.05, 0) is 38.1 Å². The number of para-hydroxylation sites is 2. The van der Waals surface area contributed by atoms with E-state index in [4.69, 9.17) is 32.7 Å². The zero-order valence-corrected chi connectivity index (χ0v) is 16.2. The van der Waals surface area contributed by atoms with Gasteiger partial charge in [-0.1, -0.05) is 35.3 Å². The highest BCUT2D eigenvalue weighted by atomic mass is 35.5. The van der Waals surface area contributed by atoms with Crippen molar-refractivity contribution in [2.75, 3.05) is 18.5 Å². The van der Waals surface area contributed by atoms with Crippen molar-refractivity contribution in [3.63, 3.8) is 0 Å². The van der Waals surface area contributed by atoms with E-state index in [-0.39, 0.29) is 45.9 Å². The summed E-state index contributed by atoms with van der Waals surface area (Å²) in [6, 6.07) is 9.44. The second kappa shape index (κ2) is 9.39. The van der Waals surface area contributed by atoms with Crippen LogP contribution in [0.2, 0.25) is 10.0 Å². The summed E-state index contributed by atoms with van der Waals surface area (Å²) < 4.78 is 10.2. The average Bonchev–Trinajstić information content (AvgIpc) is 2.61. The summed E-state index contributed by atoms with van der Waals surface area (Å²) in [5.41, 5.74) is 0.483. The number of hydrogen-bond acceptors (Lipinski definition) is 5. The van der Waals surface area contributed by atoms with Crippen molar-refractivity contribution in [1.29, 1.82) is 0 Å². The molecule has 0 spiro atoms. The van der Waals surface area contributed by atoms with Gasteiger partial charge in [-0.2, -0.15) is 0 Å². The molecule has 2 aromatic carbocycles. The molecular weight excluding hydrogens is 393 g/mol. The van der Waals surface area contributed by atoms with Crippen LogP contribution in [0, 0.1) is 0 Å². The Bertz CT molecular complexity index is 882. The van der Waals surface area contributed by atoms with E-state index in [1.54, 1.807) is 31.2 Å². The van der Waals surface area contributed by atoms with E-state index in [1.165, 1.54) is 19.1 Å². The number of amides is 1. The molecule has 8 heteroatoms. The maximum atomic E-state index is 12.7. The molecule has 0 saturated carbocycles. The van der Waals surface area contributed by atoms with Crippen LogP contribution in [0.5, 0.6) is 5.75 Å². The number of nitrogens with one attached hydrogen (secondary N) is 1. The highest BCUT2D eigenvalue weighted by molar-refractivity contribution is 6.42. The predicted octanol–water partition coefficient (Wildman–Crippen LogP) is 4.39. The number of ketones is 1. The number of ether oxygens (including phenoxy) is 2. The summed E-state index contributed by atoms with van der Waals surface area (Å²) in [7, 11) is 0. The molecule has 0 unspecified atom stereocenters. The minimum atomic E-state index is -0.611. The lowest BCUT2D eigenvalue weighted by molar-refractivity contribution is -0.145. The van der Waals surface area contributed by atoms with Crippen molar-refractivity contribution >= 4 is 46.5 Å². The molecule has 0 aliphatic carbocycles. The Morgan fingerprint density at radius 1 is 1.07 bits per heavy atom. The maximum absolute atomic E-state index is 12.7. The van der Waals surface area contributed by atoms with Gasteiger partial charge in [-0.3, -0.25) is 9.59 Å². The molecule has 0 heterocycles. The van der Waals surface area contributed by atoms with E-state index in [0.717, 1.165) is 0 Å². The van der Waals surface area contributed by atoms with Gasteiger partial charge in [-0.25, -0.2) is 4.79 Å². The van der Waals surface area contributed by atoms with Gasteiger partial charge in [0.2, 0.25) is 0 Å². The summed E-state index contributed by atoms with van der Waals surface area (Å²) in [6.07, 6.45) is 0. The van der Waals surface area contributed by atoms with Crippen LogP contribution >= 0.6 is 23.2 Å². The van der Waals surface area contributed by atoms with Crippen LogP contribution in [0.15, 0.2) is 36.4 Å². The largest absolute Gasteiger partial charge is 0.480 e. The topological polar surface area (TPSA) is 81.7 Å². The Kier molecular flexibility index (Phi) is 7.21. The van der Waals surface area contributed by atoms with Gasteiger partial charge in [0, 0.05) is 5.56 Å². The SMILES string of the molecule is CCOC(=O)COc1ccccc1NC(=O)c1c(Cl)ccc(C(C)=O)c1Cl. The molecule has 0 fully saturated rings. The molecule has 0 atom stereocenters. The third-order valence-corrected chi connectivity index (χ3v) is 4.19. The summed E-state index contributed by atoms with van der Waals surface area (Å²) >= 11 is 12.3. The second-order valence-electron chi connectivity index (χ2n) is 5.38. The molecule has 2 rings (SSSR count). The van der Waals surface area contributed by atoms with Gasteiger partial charge >= 0.3 is 5.97 Å². The monoisotopic (exact) mass is 409 g/mol. The van der Waals surface area contributed by atoms with E-state index in [9.17, 15) is 14.4 Å². The van der Waals surface area contributed by atoms with Gasteiger partial charge in [-0.15, -0.1) is 0 Å². The van der Waals surface area contributed by atoms with E-state index in [1.807, 2.05) is 0 Å². The van der Waals surface area contributed by atoms with Crippen LogP contribution in [-0.2, 0) is 9.53 Å². The molecule has 0 aliphatic heterocycles. The lowest BCUT2D eigenvalue weighted by atomic mass is 10.1. The van der Waals surface area contributed by atoms with Crippen LogP contribution in [-0.4, -0.2) is 30.9 Å². The molecule has 142 valence electrons. The van der Waals surface area contributed by atoms with Crippen molar-refractivity contribution in [3.05, 3.63) is 57.6 Å². The molecule has 0 aliphatic rings. The number of esters is 1. The van der Waals surface area contributed by atoms with Crippen molar-refractivity contribution in [2.45, 2.75) is 13.8 Å². The number of rotatable bonds is 7. The predicted molar refractivity (Wildman–Crippen MR) is 103 cm³/mol.